The molecule has 1 atom stereocenters. The van der Waals surface area contributed by atoms with Crippen molar-refractivity contribution < 1.29 is 4.74 Å². The van der Waals surface area contributed by atoms with Crippen molar-refractivity contribution in [2.24, 2.45) is 11.8 Å². The Hall–Kier alpha value is -0.120. The second kappa shape index (κ2) is 6.72. The van der Waals surface area contributed by atoms with Crippen LogP contribution in [0.25, 0.3) is 0 Å². The van der Waals surface area contributed by atoms with Gasteiger partial charge in [-0.25, -0.2) is 0 Å². The summed E-state index contributed by atoms with van der Waals surface area (Å²) in [6.45, 7) is 7.64. The Morgan fingerprint density at radius 3 is 2.59 bits per heavy atom. The van der Waals surface area contributed by atoms with Crippen molar-refractivity contribution in [3.05, 3.63) is 0 Å². The minimum absolute atomic E-state index is 0.399. The molecule has 1 unspecified atom stereocenters. The van der Waals surface area contributed by atoms with Gasteiger partial charge in [0.15, 0.2) is 0 Å². The molecule has 0 aromatic carbocycles. The van der Waals surface area contributed by atoms with Gasteiger partial charge in [-0.2, -0.15) is 0 Å². The number of hydrogen-bond donors (Lipinski definition) is 1. The molecule has 1 aliphatic carbocycles. The smallest absolute Gasteiger partial charge is 0.0826 e. The second-order valence-electron chi connectivity index (χ2n) is 6.04. The van der Waals surface area contributed by atoms with Gasteiger partial charge in [-0.05, 0) is 31.7 Å². The number of nitrogens with one attached hydrogen (secondary N) is 1. The van der Waals surface area contributed by atoms with Crippen LogP contribution in [-0.4, -0.2) is 50.8 Å². The molecule has 100 valence electrons. The van der Waals surface area contributed by atoms with E-state index >= 15 is 0 Å². The van der Waals surface area contributed by atoms with Crippen LogP contribution in [0.15, 0.2) is 0 Å². The average molecular weight is 240 g/mol. The Morgan fingerprint density at radius 1 is 1.18 bits per heavy atom. The van der Waals surface area contributed by atoms with Crippen molar-refractivity contribution in [2.45, 2.75) is 38.7 Å². The summed E-state index contributed by atoms with van der Waals surface area (Å²) >= 11 is 0. The molecular weight excluding hydrogens is 212 g/mol. The fourth-order valence-corrected chi connectivity index (χ4v) is 3.11. The average Bonchev–Trinajstić information content (AvgIpc) is 2.33. The van der Waals surface area contributed by atoms with Crippen LogP contribution in [0.2, 0.25) is 0 Å². The largest absolute Gasteiger partial charge is 0.374 e. The number of hydrogen-bond acceptors (Lipinski definition) is 3. The van der Waals surface area contributed by atoms with E-state index in [9.17, 15) is 0 Å². The topological polar surface area (TPSA) is 24.5 Å². The van der Waals surface area contributed by atoms with Gasteiger partial charge in [-0.1, -0.05) is 19.8 Å². The van der Waals surface area contributed by atoms with Gasteiger partial charge in [-0.3, -0.25) is 0 Å². The van der Waals surface area contributed by atoms with Crippen molar-refractivity contribution in [1.29, 1.82) is 0 Å². The molecule has 1 saturated carbocycles. The fourth-order valence-electron chi connectivity index (χ4n) is 3.11. The SMILES string of the molecule is CC1CCC(CN(C)CC2CNCCO2)CC1. The maximum Gasteiger partial charge on any atom is 0.0826 e. The number of rotatable bonds is 4. The molecule has 0 aromatic heterocycles. The molecule has 2 rings (SSSR count). The minimum atomic E-state index is 0.399. The zero-order valence-electron chi connectivity index (χ0n) is 11.5. The number of likely N-dealkylation sites (N-methyl/N-ethyl adjacent to an activating group) is 1. The molecule has 0 radical (unpaired) electrons. The van der Waals surface area contributed by atoms with Crippen LogP contribution in [0, 0.1) is 11.8 Å². The molecule has 1 saturated heterocycles. The molecule has 0 aromatic rings. The third-order valence-electron chi connectivity index (χ3n) is 4.23. The van der Waals surface area contributed by atoms with Crippen LogP contribution in [0.3, 0.4) is 0 Å². The highest BCUT2D eigenvalue weighted by Gasteiger charge is 2.21. The maximum absolute atomic E-state index is 5.75. The van der Waals surface area contributed by atoms with E-state index in [4.69, 9.17) is 4.74 Å². The number of nitrogens with zero attached hydrogens (tertiary/aromatic N) is 1. The summed E-state index contributed by atoms with van der Waals surface area (Å²) in [7, 11) is 2.25. The van der Waals surface area contributed by atoms with E-state index in [0.717, 1.165) is 38.1 Å². The lowest BCUT2D eigenvalue weighted by Crippen LogP contribution is -2.45. The van der Waals surface area contributed by atoms with E-state index in [0.29, 0.717) is 6.10 Å². The van der Waals surface area contributed by atoms with Crippen LogP contribution in [0.1, 0.15) is 32.6 Å². The van der Waals surface area contributed by atoms with Crippen LogP contribution in [-0.2, 0) is 4.74 Å². The quantitative estimate of drug-likeness (QED) is 0.810. The molecule has 2 fully saturated rings. The lowest BCUT2D eigenvalue weighted by atomic mass is 9.83. The van der Waals surface area contributed by atoms with Crippen LogP contribution in [0.4, 0.5) is 0 Å². The predicted octanol–water partition coefficient (Wildman–Crippen LogP) is 1.73. The molecule has 3 nitrogen and oxygen atoms in total. The highest BCUT2D eigenvalue weighted by Crippen LogP contribution is 2.28. The Kier molecular flexibility index (Phi) is 5.26. The van der Waals surface area contributed by atoms with Crippen molar-refractivity contribution in [3.63, 3.8) is 0 Å². The molecule has 0 spiro atoms. The zero-order chi connectivity index (χ0) is 12.1. The van der Waals surface area contributed by atoms with E-state index in [1.807, 2.05) is 0 Å². The Bertz CT molecular complexity index is 208. The molecule has 0 amide bonds. The molecule has 3 heteroatoms. The lowest BCUT2D eigenvalue weighted by molar-refractivity contribution is 0.00664. The molecule has 1 aliphatic heterocycles. The van der Waals surface area contributed by atoms with E-state index in [-0.39, 0.29) is 0 Å². The molecule has 17 heavy (non-hydrogen) atoms. The van der Waals surface area contributed by atoms with Crippen LogP contribution < -0.4 is 5.32 Å². The van der Waals surface area contributed by atoms with Crippen LogP contribution in [0.5, 0.6) is 0 Å². The number of ether oxygens (including phenoxy) is 1. The summed E-state index contributed by atoms with van der Waals surface area (Å²) in [6.07, 6.45) is 6.11. The van der Waals surface area contributed by atoms with Gasteiger partial charge in [0.2, 0.25) is 0 Å². The highest BCUT2D eigenvalue weighted by atomic mass is 16.5. The first-order chi connectivity index (χ1) is 8.24. The fraction of sp³-hybridized carbons (Fsp3) is 1.00. The third-order valence-corrected chi connectivity index (χ3v) is 4.23. The zero-order valence-corrected chi connectivity index (χ0v) is 11.5. The van der Waals surface area contributed by atoms with Crippen molar-refractivity contribution in [1.82, 2.24) is 10.2 Å². The van der Waals surface area contributed by atoms with Crippen molar-refractivity contribution in [2.75, 3.05) is 39.8 Å². The lowest BCUT2D eigenvalue weighted by Gasteiger charge is -2.32. The second-order valence-corrected chi connectivity index (χ2v) is 6.04. The van der Waals surface area contributed by atoms with E-state index in [2.05, 4.69) is 24.2 Å². The normalized spacial score (nSPS) is 35.1. The first-order valence-electron chi connectivity index (χ1n) is 7.25. The van der Waals surface area contributed by atoms with Gasteiger partial charge >= 0.3 is 0 Å². The van der Waals surface area contributed by atoms with Crippen molar-refractivity contribution >= 4 is 0 Å². The van der Waals surface area contributed by atoms with Gasteiger partial charge in [0.05, 0.1) is 12.7 Å². The van der Waals surface area contributed by atoms with E-state index < -0.39 is 0 Å². The minimum Gasteiger partial charge on any atom is -0.374 e. The number of morpholine rings is 1. The monoisotopic (exact) mass is 240 g/mol. The van der Waals surface area contributed by atoms with Gasteiger partial charge in [-0.15, -0.1) is 0 Å². The summed E-state index contributed by atoms with van der Waals surface area (Å²) < 4.78 is 5.75. The summed E-state index contributed by atoms with van der Waals surface area (Å²) in [6, 6.07) is 0. The van der Waals surface area contributed by atoms with Gasteiger partial charge in [0.1, 0.15) is 0 Å². The summed E-state index contributed by atoms with van der Waals surface area (Å²) in [5, 5.41) is 3.40. The molecule has 1 heterocycles. The molecule has 1 N–H and O–H groups in total. The standard InChI is InChI=1S/C14H28N2O/c1-12-3-5-13(6-4-12)10-16(2)11-14-9-15-7-8-17-14/h12-15H,3-11H2,1-2H3. The molecular formula is C14H28N2O. The van der Waals surface area contributed by atoms with E-state index in [1.165, 1.54) is 32.2 Å². The van der Waals surface area contributed by atoms with Gasteiger partial charge in [0, 0.05) is 26.2 Å². The van der Waals surface area contributed by atoms with Gasteiger partial charge < -0.3 is 15.0 Å². The van der Waals surface area contributed by atoms with Gasteiger partial charge in [0.25, 0.3) is 0 Å². The highest BCUT2D eigenvalue weighted by molar-refractivity contribution is 4.75. The summed E-state index contributed by atoms with van der Waals surface area (Å²) in [5.41, 5.74) is 0. The first-order valence-corrected chi connectivity index (χ1v) is 7.25. The van der Waals surface area contributed by atoms with Crippen LogP contribution >= 0.6 is 0 Å². The Labute approximate surface area is 106 Å². The molecule has 0 bridgehead atoms. The molecule has 2 aliphatic rings. The first kappa shape index (κ1) is 13.3. The predicted molar refractivity (Wildman–Crippen MR) is 71.2 cm³/mol. The van der Waals surface area contributed by atoms with E-state index in [1.54, 1.807) is 0 Å². The van der Waals surface area contributed by atoms with Crippen molar-refractivity contribution in [3.8, 4) is 0 Å². The third kappa shape index (κ3) is 4.57. The maximum atomic E-state index is 5.75. The summed E-state index contributed by atoms with van der Waals surface area (Å²) in [4.78, 5) is 2.47. The Morgan fingerprint density at radius 2 is 1.94 bits per heavy atom. The Balaban J connectivity index is 1.64. The summed E-state index contributed by atoms with van der Waals surface area (Å²) in [5.74, 6) is 1.88.